The molecular formula is C15H15BrN2O3. The van der Waals surface area contributed by atoms with Gasteiger partial charge in [-0.1, -0.05) is 28.8 Å². The van der Waals surface area contributed by atoms with E-state index in [1.807, 2.05) is 6.07 Å². The van der Waals surface area contributed by atoms with E-state index in [-0.39, 0.29) is 5.91 Å². The van der Waals surface area contributed by atoms with Crippen LogP contribution in [0.5, 0.6) is 0 Å². The molecule has 1 saturated carbocycles. The molecule has 2 N–H and O–H groups in total. The van der Waals surface area contributed by atoms with Crippen LogP contribution in [0, 0.1) is 23.2 Å². The highest BCUT2D eigenvalue weighted by molar-refractivity contribution is 9.10. The fourth-order valence-corrected chi connectivity index (χ4v) is 3.04. The SMILES string of the molecule is N#Cc1ccc(Br)cc1NC(=O)[C@@H]1CCCC[C@@H]1C(=O)O. The normalized spacial score (nSPS) is 21.3. The number of hydrogen-bond donors (Lipinski definition) is 2. The maximum atomic E-state index is 12.4. The Bertz CT molecular complexity index is 609. The number of carbonyl (C=O) groups excluding carboxylic acids is 1. The van der Waals surface area contributed by atoms with Crippen molar-refractivity contribution in [1.82, 2.24) is 0 Å². The third kappa shape index (κ3) is 3.61. The van der Waals surface area contributed by atoms with Crippen molar-refractivity contribution in [2.24, 2.45) is 11.8 Å². The number of amides is 1. The van der Waals surface area contributed by atoms with E-state index >= 15 is 0 Å². The summed E-state index contributed by atoms with van der Waals surface area (Å²) in [4.78, 5) is 23.6. The first kappa shape index (κ1) is 15.5. The summed E-state index contributed by atoms with van der Waals surface area (Å²) in [6, 6.07) is 6.98. The van der Waals surface area contributed by atoms with Gasteiger partial charge < -0.3 is 10.4 Å². The fourth-order valence-electron chi connectivity index (χ4n) is 2.68. The fraction of sp³-hybridized carbons (Fsp3) is 0.400. The molecule has 21 heavy (non-hydrogen) atoms. The van der Waals surface area contributed by atoms with E-state index in [0.717, 1.165) is 17.3 Å². The summed E-state index contributed by atoms with van der Waals surface area (Å²) in [6.07, 6.45) is 2.78. The molecule has 1 aliphatic rings. The van der Waals surface area contributed by atoms with Gasteiger partial charge in [0.15, 0.2) is 0 Å². The number of carboxylic acids is 1. The summed E-state index contributed by atoms with van der Waals surface area (Å²) in [6.45, 7) is 0. The molecule has 0 aromatic heterocycles. The lowest BCUT2D eigenvalue weighted by atomic mass is 9.78. The van der Waals surface area contributed by atoms with Gasteiger partial charge in [0.05, 0.1) is 23.1 Å². The van der Waals surface area contributed by atoms with Gasteiger partial charge in [0.1, 0.15) is 6.07 Å². The van der Waals surface area contributed by atoms with Gasteiger partial charge in [-0.2, -0.15) is 5.26 Å². The number of nitriles is 1. The number of halogens is 1. The van der Waals surface area contributed by atoms with Gasteiger partial charge in [0, 0.05) is 4.47 Å². The van der Waals surface area contributed by atoms with Crippen molar-refractivity contribution in [2.45, 2.75) is 25.7 Å². The lowest BCUT2D eigenvalue weighted by Crippen LogP contribution is -2.36. The molecule has 6 heteroatoms. The second-order valence-electron chi connectivity index (χ2n) is 5.13. The summed E-state index contributed by atoms with van der Waals surface area (Å²) in [7, 11) is 0. The van der Waals surface area contributed by atoms with Crippen LogP contribution in [0.3, 0.4) is 0 Å². The second-order valence-corrected chi connectivity index (χ2v) is 6.04. The molecule has 1 aromatic carbocycles. The lowest BCUT2D eigenvalue weighted by molar-refractivity contribution is -0.147. The molecule has 2 atom stereocenters. The van der Waals surface area contributed by atoms with E-state index in [0.29, 0.717) is 24.1 Å². The van der Waals surface area contributed by atoms with Crippen LogP contribution in [0.25, 0.3) is 0 Å². The maximum Gasteiger partial charge on any atom is 0.307 e. The Kier molecular flexibility index (Phi) is 4.97. The van der Waals surface area contributed by atoms with E-state index in [1.165, 1.54) is 0 Å². The molecule has 1 aromatic rings. The summed E-state index contributed by atoms with van der Waals surface area (Å²) in [5.41, 5.74) is 0.765. The van der Waals surface area contributed by atoms with Gasteiger partial charge in [-0.25, -0.2) is 0 Å². The Balaban J connectivity index is 2.19. The smallest absolute Gasteiger partial charge is 0.307 e. The van der Waals surface area contributed by atoms with Crippen LogP contribution in [-0.4, -0.2) is 17.0 Å². The van der Waals surface area contributed by atoms with Gasteiger partial charge in [0.25, 0.3) is 0 Å². The molecule has 0 spiro atoms. The third-order valence-corrected chi connectivity index (χ3v) is 4.27. The van der Waals surface area contributed by atoms with E-state index in [4.69, 9.17) is 5.26 Å². The predicted octanol–water partition coefficient (Wildman–Crippen LogP) is 3.15. The molecule has 2 rings (SSSR count). The Morgan fingerprint density at radius 1 is 1.29 bits per heavy atom. The summed E-state index contributed by atoms with van der Waals surface area (Å²) in [5.74, 6) is -2.43. The minimum Gasteiger partial charge on any atom is -0.481 e. The molecule has 1 amide bonds. The molecule has 0 saturated heterocycles. The Morgan fingerprint density at radius 2 is 1.95 bits per heavy atom. The van der Waals surface area contributed by atoms with Crippen LogP contribution >= 0.6 is 15.9 Å². The largest absolute Gasteiger partial charge is 0.481 e. The molecule has 0 radical (unpaired) electrons. The van der Waals surface area contributed by atoms with Crippen molar-refractivity contribution >= 4 is 33.5 Å². The quantitative estimate of drug-likeness (QED) is 0.875. The first-order valence-corrected chi connectivity index (χ1v) is 7.55. The van der Waals surface area contributed by atoms with Crippen LogP contribution in [0.15, 0.2) is 22.7 Å². The number of nitrogens with one attached hydrogen (secondary N) is 1. The number of rotatable bonds is 3. The van der Waals surface area contributed by atoms with Gasteiger partial charge in [-0.3, -0.25) is 9.59 Å². The number of carboxylic acid groups (broad SMARTS) is 1. The summed E-state index contributed by atoms with van der Waals surface area (Å²) < 4.78 is 0.746. The van der Waals surface area contributed by atoms with Gasteiger partial charge in [-0.05, 0) is 31.0 Å². The third-order valence-electron chi connectivity index (χ3n) is 3.78. The van der Waals surface area contributed by atoms with Crippen LogP contribution in [0.2, 0.25) is 0 Å². The van der Waals surface area contributed by atoms with Crippen LogP contribution in [0.1, 0.15) is 31.2 Å². The number of aliphatic carboxylic acids is 1. The van der Waals surface area contributed by atoms with E-state index in [2.05, 4.69) is 21.2 Å². The monoisotopic (exact) mass is 350 g/mol. The molecule has 1 aliphatic carbocycles. The van der Waals surface area contributed by atoms with E-state index in [9.17, 15) is 14.7 Å². The van der Waals surface area contributed by atoms with Crippen molar-refractivity contribution in [2.75, 3.05) is 5.32 Å². The average molecular weight is 351 g/mol. The van der Waals surface area contributed by atoms with Gasteiger partial charge in [0.2, 0.25) is 5.91 Å². The molecule has 5 nitrogen and oxygen atoms in total. The lowest BCUT2D eigenvalue weighted by Gasteiger charge is -2.27. The van der Waals surface area contributed by atoms with Crippen LogP contribution < -0.4 is 5.32 Å². The van der Waals surface area contributed by atoms with E-state index in [1.54, 1.807) is 18.2 Å². The Labute approximate surface area is 131 Å². The minimum absolute atomic E-state index is 0.322. The standard InChI is InChI=1S/C15H15BrN2O3/c16-10-6-5-9(8-17)13(7-10)18-14(19)11-3-1-2-4-12(11)15(20)21/h5-7,11-12H,1-4H2,(H,18,19)(H,20,21)/t11-,12+/m1/s1. The zero-order valence-corrected chi connectivity index (χ0v) is 12.9. The number of benzene rings is 1. The second kappa shape index (κ2) is 6.72. The number of anilines is 1. The van der Waals surface area contributed by atoms with Crippen molar-refractivity contribution in [1.29, 1.82) is 5.26 Å². The zero-order chi connectivity index (χ0) is 15.4. The van der Waals surface area contributed by atoms with Gasteiger partial charge in [-0.15, -0.1) is 0 Å². The number of hydrogen-bond acceptors (Lipinski definition) is 3. The maximum absolute atomic E-state index is 12.4. The molecular weight excluding hydrogens is 336 g/mol. The van der Waals surface area contributed by atoms with Crippen molar-refractivity contribution in [3.8, 4) is 6.07 Å². The van der Waals surface area contributed by atoms with Gasteiger partial charge >= 0.3 is 5.97 Å². The zero-order valence-electron chi connectivity index (χ0n) is 11.3. The van der Waals surface area contributed by atoms with E-state index < -0.39 is 17.8 Å². The summed E-state index contributed by atoms with van der Waals surface area (Å²) in [5, 5.41) is 21.0. The minimum atomic E-state index is -0.926. The first-order valence-electron chi connectivity index (χ1n) is 6.76. The molecule has 0 unspecified atom stereocenters. The molecule has 1 fully saturated rings. The van der Waals surface area contributed by atoms with Crippen molar-refractivity contribution in [3.05, 3.63) is 28.2 Å². The van der Waals surface area contributed by atoms with Crippen molar-refractivity contribution in [3.63, 3.8) is 0 Å². The highest BCUT2D eigenvalue weighted by Crippen LogP contribution is 2.32. The average Bonchev–Trinajstić information content (AvgIpc) is 2.47. The highest BCUT2D eigenvalue weighted by Gasteiger charge is 2.35. The Hall–Kier alpha value is -1.87. The number of carbonyl (C=O) groups is 2. The number of nitrogens with zero attached hydrogens (tertiary/aromatic N) is 1. The topological polar surface area (TPSA) is 90.2 Å². The van der Waals surface area contributed by atoms with Crippen LogP contribution in [-0.2, 0) is 9.59 Å². The molecule has 110 valence electrons. The predicted molar refractivity (Wildman–Crippen MR) is 80.6 cm³/mol. The van der Waals surface area contributed by atoms with Crippen LogP contribution in [0.4, 0.5) is 5.69 Å². The Morgan fingerprint density at radius 3 is 2.57 bits per heavy atom. The summed E-state index contributed by atoms with van der Waals surface area (Å²) >= 11 is 3.29. The highest BCUT2D eigenvalue weighted by atomic mass is 79.9. The molecule has 0 bridgehead atoms. The van der Waals surface area contributed by atoms with Crippen molar-refractivity contribution < 1.29 is 14.7 Å². The first-order chi connectivity index (χ1) is 10.0. The molecule has 0 aliphatic heterocycles. The molecule has 0 heterocycles.